The average molecular weight is 360 g/mol. The lowest BCUT2D eigenvalue weighted by Crippen LogP contribution is -2.36. The number of halogens is 1. The van der Waals surface area contributed by atoms with Crippen LogP contribution in [0.15, 0.2) is 35.1 Å². The van der Waals surface area contributed by atoms with Crippen LogP contribution in [0.25, 0.3) is 0 Å². The summed E-state index contributed by atoms with van der Waals surface area (Å²) in [5.41, 5.74) is 1.35. The van der Waals surface area contributed by atoms with Crippen LogP contribution in [0.1, 0.15) is 24.0 Å². The van der Waals surface area contributed by atoms with Crippen molar-refractivity contribution >= 4 is 17.3 Å². The molecule has 1 aromatic rings. The van der Waals surface area contributed by atoms with E-state index in [1.165, 1.54) is 24.3 Å². The molecule has 2 aliphatic heterocycles. The van der Waals surface area contributed by atoms with E-state index in [0.717, 1.165) is 0 Å². The number of aliphatic hydroxyl groups excluding tert-OH is 1. The minimum Gasteiger partial charge on any atom is -0.392 e. The molecular formula is C19H21FN2O4. The molecular weight excluding hydrogens is 339 g/mol. The molecule has 7 heteroatoms. The average Bonchev–Trinajstić information content (AvgIpc) is 2.63. The van der Waals surface area contributed by atoms with Crippen LogP contribution in [0.2, 0.25) is 0 Å². The molecule has 1 aromatic carbocycles. The number of morpholine rings is 1. The Kier molecular flexibility index (Phi) is 5.90. The van der Waals surface area contributed by atoms with Crippen LogP contribution in [-0.2, 0) is 27.4 Å². The predicted molar refractivity (Wildman–Crippen MR) is 93.2 cm³/mol. The molecule has 26 heavy (non-hydrogen) atoms. The Morgan fingerprint density at radius 2 is 2.04 bits per heavy atom. The van der Waals surface area contributed by atoms with E-state index in [0.29, 0.717) is 43.4 Å². The number of ether oxygens (including phenoxy) is 1. The highest BCUT2D eigenvalue weighted by Gasteiger charge is 2.21. The Labute approximate surface area is 151 Å². The van der Waals surface area contributed by atoms with Crippen LogP contribution in [0, 0.1) is 5.82 Å². The van der Waals surface area contributed by atoms with Crippen molar-refractivity contribution in [3.8, 4) is 0 Å². The summed E-state index contributed by atoms with van der Waals surface area (Å²) in [6.07, 6.45) is 1.86. The number of carbonyl (C=O) groups excluding carboxylic acids is 2. The highest BCUT2D eigenvalue weighted by Crippen LogP contribution is 2.17. The summed E-state index contributed by atoms with van der Waals surface area (Å²) in [7, 11) is 0. The second-order valence-electron chi connectivity index (χ2n) is 6.40. The molecule has 0 saturated carbocycles. The van der Waals surface area contributed by atoms with Crippen LogP contribution in [-0.4, -0.2) is 53.6 Å². The molecule has 0 atom stereocenters. The van der Waals surface area contributed by atoms with Gasteiger partial charge in [0, 0.05) is 49.7 Å². The van der Waals surface area contributed by atoms with Gasteiger partial charge >= 0.3 is 0 Å². The van der Waals surface area contributed by atoms with Crippen molar-refractivity contribution in [2.45, 2.75) is 25.9 Å². The van der Waals surface area contributed by atoms with Crippen molar-refractivity contribution in [2.75, 3.05) is 26.3 Å². The molecule has 0 unspecified atom stereocenters. The zero-order chi connectivity index (χ0) is 18.5. The van der Waals surface area contributed by atoms with Gasteiger partial charge in [0.25, 0.3) is 0 Å². The van der Waals surface area contributed by atoms with Crippen molar-refractivity contribution in [1.82, 2.24) is 4.90 Å². The first-order valence-electron chi connectivity index (χ1n) is 8.58. The van der Waals surface area contributed by atoms with Crippen LogP contribution in [0.3, 0.4) is 0 Å². The summed E-state index contributed by atoms with van der Waals surface area (Å²) in [4.78, 5) is 30.8. The fraction of sp³-hybridized carbons (Fsp3) is 0.421. The van der Waals surface area contributed by atoms with E-state index in [2.05, 4.69) is 4.99 Å². The fourth-order valence-electron chi connectivity index (χ4n) is 3.06. The first-order valence-corrected chi connectivity index (χ1v) is 8.58. The summed E-state index contributed by atoms with van der Waals surface area (Å²) in [6.45, 7) is 2.11. The number of allylic oxidation sites excluding steroid dienone is 1. The summed E-state index contributed by atoms with van der Waals surface area (Å²) in [5, 5.41) is 9.12. The predicted octanol–water partition coefficient (Wildman–Crippen LogP) is 1.41. The number of ketones is 2. The zero-order valence-corrected chi connectivity index (χ0v) is 14.4. The molecule has 0 radical (unpaired) electrons. The van der Waals surface area contributed by atoms with Gasteiger partial charge < -0.3 is 14.7 Å². The van der Waals surface area contributed by atoms with Gasteiger partial charge in [-0.05, 0) is 11.6 Å². The van der Waals surface area contributed by atoms with Crippen molar-refractivity contribution in [1.29, 1.82) is 0 Å². The number of aliphatic imine (C=N–C) groups is 1. The number of Topliss-reactive ketones (excluding diaryl/α,β-unsaturated/α-hetero) is 1. The number of carbonyl (C=O) groups is 2. The Hall–Kier alpha value is -2.38. The highest BCUT2D eigenvalue weighted by molar-refractivity contribution is 6.14. The summed E-state index contributed by atoms with van der Waals surface area (Å²) >= 11 is 0. The minimum absolute atomic E-state index is 0.0614. The molecule has 1 saturated heterocycles. The standard InChI is InChI=1S/C19H21FN2O4/c20-18-2-1-13(7-14(18)12-23)8-16(24)9-15-10-17(25)11-19(21-15)22-3-5-26-6-4-22/h1-2,7,11,23H,3-6,8-10,12H2. The van der Waals surface area contributed by atoms with Gasteiger partial charge in [0.05, 0.1) is 19.8 Å². The van der Waals surface area contributed by atoms with Crippen LogP contribution >= 0.6 is 0 Å². The normalized spacial score (nSPS) is 17.8. The van der Waals surface area contributed by atoms with Gasteiger partial charge in [-0.3, -0.25) is 9.59 Å². The SMILES string of the molecule is O=C1C=C(N2CCOCC2)N=C(CC(=O)Cc2ccc(F)c(CO)c2)C1. The molecule has 1 N–H and O–H groups in total. The lowest BCUT2D eigenvalue weighted by Gasteiger charge is -2.30. The number of benzene rings is 1. The smallest absolute Gasteiger partial charge is 0.164 e. The molecule has 2 aliphatic rings. The molecule has 0 amide bonds. The number of rotatable bonds is 6. The second kappa shape index (κ2) is 8.33. The topological polar surface area (TPSA) is 79.2 Å². The summed E-state index contributed by atoms with van der Waals surface area (Å²) < 4.78 is 18.7. The monoisotopic (exact) mass is 360 g/mol. The third kappa shape index (κ3) is 4.62. The first-order chi connectivity index (χ1) is 12.5. The lowest BCUT2D eigenvalue weighted by atomic mass is 10.00. The largest absolute Gasteiger partial charge is 0.392 e. The van der Waals surface area contributed by atoms with Gasteiger partial charge in [-0.15, -0.1) is 0 Å². The summed E-state index contributed by atoms with van der Waals surface area (Å²) in [5.74, 6) is -0.0631. The van der Waals surface area contributed by atoms with Crippen molar-refractivity contribution in [3.05, 3.63) is 47.0 Å². The molecule has 3 rings (SSSR count). The fourth-order valence-corrected chi connectivity index (χ4v) is 3.06. The van der Waals surface area contributed by atoms with Crippen LogP contribution < -0.4 is 0 Å². The van der Waals surface area contributed by atoms with Crippen LogP contribution in [0.4, 0.5) is 4.39 Å². The number of aliphatic hydroxyl groups is 1. The molecule has 0 spiro atoms. The maximum absolute atomic E-state index is 13.4. The Balaban J connectivity index is 1.65. The Morgan fingerprint density at radius 3 is 2.77 bits per heavy atom. The van der Waals surface area contributed by atoms with E-state index in [4.69, 9.17) is 9.84 Å². The van der Waals surface area contributed by atoms with Gasteiger partial charge in [-0.2, -0.15) is 0 Å². The van der Waals surface area contributed by atoms with Crippen molar-refractivity contribution in [2.24, 2.45) is 4.99 Å². The van der Waals surface area contributed by atoms with Gasteiger partial charge in [0.1, 0.15) is 17.4 Å². The van der Waals surface area contributed by atoms with E-state index < -0.39 is 12.4 Å². The Bertz CT molecular complexity index is 767. The van der Waals surface area contributed by atoms with Crippen molar-refractivity contribution in [3.63, 3.8) is 0 Å². The zero-order valence-electron chi connectivity index (χ0n) is 14.4. The first kappa shape index (κ1) is 18.4. The lowest BCUT2D eigenvalue weighted by molar-refractivity contribution is -0.117. The Morgan fingerprint density at radius 1 is 1.27 bits per heavy atom. The molecule has 0 aromatic heterocycles. The third-order valence-electron chi connectivity index (χ3n) is 4.36. The van der Waals surface area contributed by atoms with E-state index in [9.17, 15) is 14.0 Å². The minimum atomic E-state index is -0.494. The second-order valence-corrected chi connectivity index (χ2v) is 6.40. The maximum atomic E-state index is 13.4. The van der Waals surface area contributed by atoms with Crippen LogP contribution in [0.5, 0.6) is 0 Å². The van der Waals surface area contributed by atoms with E-state index in [1.54, 1.807) is 0 Å². The van der Waals surface area contributed by atoms with E-state index in [1.807, 2.05) is 4.90 Å². The number of hydrogen-bond acceptors (Lipinski definition) is 6. The highest BCUT2D eigenvalue weighted by atomic mass is 19.1. The maximum Gasteiger partial charge on any atom is 0.164 e. The van der Waals surface area contributed by atoms with Gasteiger partial charge in [-0.1, -0.05) is 12.1 Å². The summed E-state index contributed by atoms with van der Waals surface area (Å²) in [6, 6.07) is 4.26. The van der Waals surface area contributed by atoms with Gasteiger partial charge in [-0.25, -0.2) is 9.38 Å². The van der Waals surface area contributed by atoms with E-state index in [-0.39, 0.29) is 36.4 Å². The molecule has 2 heterocycles. The number of hydrogen-bond donors (Lipinski definition) is 1. The third-order valence-corrected chi connectivity index (χ3v) is 4.36. The van der Waals surface area contributed by atoms with Gasteiger partial charge in [0.2, 0.25) is 0 Å². The molecule has 138 valence electrons. The van der Waals surface area contributed by atoms with Crippen molar-refractivity contribution < 1.29 is 23.8 Å². The molecule has 0 aliphatic carbocycles. The quantitative estimate of drug-likeness (QED) is 0.830. The molecule has 1 fully saturated rings. The molecule has 0 bridgehead atoms. The van der Waals surface area contributed by atoms with E-state index >= 15 is 0 Å². The van der Waals surface area contributed by atoms with Gasteiger partial charge in [0.15, 0.2) is 5.78 Å². The molecule has 6 nitrogen and oxygen atoms in total. The number of nitrogens with zero attached hydrogens (tertiary/aromatic N) is 2.